The molecule has 0 radical (unpaired) electrons. The van der Waals surface area contributed by atoms with Gasteiger partial charge in [-0.1, -0.05) is 50.1 Å². The van der Waals surface area contributed by atoms with E-state index in [4.69, 9.17) is 0 Å². The van der Waals surface area contributed by atoms with Crippen LogP contribution in [-0.4, -0.2) is 0 Å². The fourth-order valence-corrected chi connectivity index (χ4v) is 5.32. The fraction of sp³-hybridized carbons (Fsp3) is 0.250. The fourth-order valence-electron chi connectivity index (χ4n) is 5.32. The summed E-state index contributed by atoms with van der Waals surface area (Å²) in [5.74, 6) is -6.90. The van der Waals surface area contributed by atoms with Crippen LogP contribution in [0, 0.1) is 41.9 Å². The molecule has 0 saturated carbocycles. The normalized spacial score (nSPS) is 14.9. The number of fused-ring (bicyclic) bond motifs is 1. The molecule has 1 atom stereocenters. The average molecular weight is 559 g/mol. The lowest BCUT2D eigenvalue weighted by Crippen LogP contribution is -2.25. The summed E-state index contributed by atoms with van der Waals surface area (Å²) in [5.41, 5.74) is 1.18. The third-order valence-corrected chi connectivity index (χ3v) is 7.37. The Hall–Kier alpha value is -3.81. The smallest absolute Gasteiger partial charge is 0.429 e. The van der Waals surface area contributed by atoms with Crippen LogP contribution >= 0.6 is 0 Å². The molecule has 1 aliphatic carbocycles. The van der Waals surface area contributed by atoms with E-state index in [0.29, 0.717) is 35.7 Å². The molecule has 4 aromatic rings. The van der Waals surface area contributed by atoms with Gasteiger partial charge in [0, 0.05) is 23.3 Å². The van der Waals surface area contributed by atoms with Gasteiger partial charge in [0.1, 0.15) is 40.4 Å². The Morgan fingerprint density at radius 3 is 1.90 bits per heavy atom. The monoisotopic (exact) mass is 558 g/mol. The van der Waals surface area contributed by atoms with Gasteiger partial charge in [-0.2, -0.15) is 8.78 Å². The second-order valence-corrected chi connectivity index (χ2v) is 10.2. The minimum Gasteiger partial charge on any atom is -0.429 e. The van der Waals surface area contributed by atoms with Gasteiger partial charge in [0.05, 0.1) is 0 Å². The molecule has 0 heterocycles. The number of hydrogen-bond acceptors (Lipinski definition) is 1. The third-order valence-electron chi connectivity index (χ3n) is 7.37. The van der Waals surface area contributed by atoms with Crippen molar-refractivity contribution in [1.82, 2.24) is 0 Å². The van der Waals surface area contributed by atoms with Crippen molar-refractivity contribution >= 4 is 0 Å². The van der Waals surface area contributed by atoms with Crippen LogP contribution in [0.1, 0.15) is 42.0 Å². The van der Waals surface area contributed by atoms with Gasteiger partial charge >= 0.3 is 6.11 Å². The Balaban J connectivity index is 1.41. The van der Waals surface area contributed by atoms with E-state index in [2.05, 4.69) is 11.7 Å². The number of ether oxygens (including phenoxy) is 1. The number of halogens is 7. The molecule has 0 saturated heterocycles. The molecule has 0 aromatic heterocycles. The van der Waals surface area contributed by atoms with Gasteiger partial charge < -0.3 is 4.74 Å². The van der Waals surface area contributed by atoms with E-state index >= 15 is 4.39 Å². The molecule has 0 fully saturated rings. The van der Waals surface area contributed by atoms with Crippen molar-refractivity contribution in [3.63, 3.8) is 0 Å². The van der Waals surface area contributed by atoms with Gasteiger partial charge in [-0.25, -0.2) is 22.0 Å². The van der Waals surface area contributed by atoms with Gasteiger partial charge in [0.25, 0.3) is 0 Å². The quantitative estimate of drug-likeness (QED) is 0.205. The van der Waals surface area contributed by atoms with E-state index in [1.54, 1.807) is 6.07 Å². The lowest BCUT2D eigenvalue weighted by Gasteiger charge is -2.20. The van der Waals surface area contributed by atoms with Crippen molar-refractivity contribution in [2.75, 3.05) is 0 Å². The van der Waals surface area contributed by atoms with Crippen molar-refractivity contribution in [1.29, 1.82) is 0 Å². The van der Waals surface area contributed by atoms with Gasteiger partial charge in [0.2, 0.25) is 0 Å². The second kappa shape index (κ2) is 10.6. The second-order valence-electron chi connectivity index (χ2n) is 10.2. The predicted octanol–water partition coefficient (Wildman–Crippen LogP) is 9.67. The van der Waals surface area contributed by atoms with Crippen LogP contribution in [0.4, 0.5) is 30.7 Å². The molecule has 0 amide bonds. The number of alkyl halides is 2. The van der Waals surface area contributed by atoms with Crippen LogP contribution < -0.4 is 4.74 Å². The van der Waals surface area contributed by atoms with Crippen LogP contribution in [0.25, 0.3) is 22.3 Å². The number of hydrogen-bond donors (Lipinski definition) is 0. The Morgan fingerprint density at radius 2 is 1.27 bits per heavy atom. The summed E-state index contributed by atoms with van der Waals surface area (Å²) >= 11 is 0. The summed E-state index contributed by atoms with van der Waals surface area (Å²) in [7, 11) is 0. The first-order valence-corrected chi connectivity index (χ1v) is 12.9. The van der Waals surface area contributed by atoms with Gasteiger partial charge in [-0.05, 0) is 71.7 Å². The van der Waals surface area contributed by atoms with Crippen molar-refractivity contribution in [2.24, 2.45) is 5.92 Å². The molecule has 4 aromatic carbocycles. The average Bonchev–Trinajstić information content (AvgIpc) is 3.28. The third kappa shape index (κ3) is 5.31. The van der Waals surface area contributed by atoms with E-state index in [0.717, 1.165) is 38.2 Å². The highest BCUT2D eigenvalue weighted by molar-refractivity contribution is 5.72. The largest absolute Gasteiger partial charge is 0.432 e. The summed E-state index contributed by atoms with van der Waals surface area (Å²) < 4.78 is 106. The Bertz CT molecular complexity index is 1550. The molecular formula is C32H25F7O. The summed E-state index contributed by atoms with van der Waals surface area (Å²) in [5, 5.41) is 0. The lowest BCUT2D eigenvalue weighted by atomic mass is 9.96. The maximum atomic E-state index is 15.2. The first-order valence-electron chi connectivity index (χ1n) is 12.9. The van der Waals surface area contributed by atoms with Crippen molar-refractivity contribution in [3.8, 4) is 28.0 Å². The molecule has 208 valence electrons. The van der Waals surface area contributed by atoms with Gasteiger partial charge in [0.15, 0.2) is 0 Å². The highest BCUT2D eigenvalue weighted by Crippen LogP contribution is 2.39. The zero-order chi connectivity index (χ0) is 28.8. The summed E-state index contributed by atoms with van der Waals surface area (Å²) in [6, 6.07) is 12.2. The van der Waals surface area contributed by atoms with E-state index < -0.39 is 52.1 Å². The van der Waals surface area contributed by atoms with Crippen LogP contribution in [0.5, 0.6) is 5.75 Å². The summed E-state index contributed by atoms with van der Waals surface area (Å²) in [6.07, 6.45) is -0.386. The van der Waals surface area contributed by atoms with Crippen molar-refractivity contribution < 1.29 is 35.5 Å². The Labute approximate surface area is 227 Å². The molecular weight excluding hydrogens is 533 g/mol. The zero-order valence-corrected chi connectivity index (χ0v) is 21.7. The first-order chi connectivity index (χ1) is 19.0. The van der Waals surface area contributed by atoms with Gasteiger partial charge in [-0.3, -0.25) is 0 Å². The van der Waals surface area contributed by atoms with Crippen LogP contribution in [0.2, 0.25) is 0 Å². The van der Waals surface area contributed by atoms with Crippen LogP contribution in [-0.2, 0) is 19.0 Å². The molecule has 1 nitrogen and oxygen atoms in total. The maximum Gasteiger partial charge on any atom is 0.432 e. The van der Waals surface area contributed by atoms with E-state index in [1.807, 2.05) is 18.2 Å². The topological polar surface area (TPSA) is 9.23 Å². The molecule has 0 aliphatic heterocycles. The minimum absolute atomic E-state index is 0.191. The molecule has 0 bridgehead atoms. The highest BCUT2D eigenvalue weighted by Gasteiger charge is 2.41. The van der Waals surface area contributed by atoms with E-state index in [9.17, 15) is 26.3 Å². The Morgan fingerprint density at radius 1 is 0.700 bits per heavy atom. The maximum absolute atomic E-state index is 15.2. The lowest BCUT2D eigenvalue weighted by molar-refractivity contribution is -0.189. The van der Waals surface area contributed by atoms with E-state index in [-0.39, 0.29) is 11.1 Å². The summed E-state index contributed by atoms with van der Waals surface area (Å²) in [4.78, 5) is 0. The predicted molar refractivity (Wildman–Crippen MR) is 139 cm³/mol. The van der Waals surface area contributed by atoms with Crippen LogP contribution in [0.15, 0.2) is 60.7 Å². The Kier molecular flexibility index (Phi) is 7.38. The van der Waals surface area contributed by atoms with Gasteiger partial charge in [-0.15, -0.1) is 0 Å². The highest BCUT2D eigenvalue weighted by atomic mass is 19.3. The van der Waals surface area contributed by atoms with E-state index in [1.165, 1.54) is 23.3 Å². The molecule has 8 heteroatoms. The van der Waals surface area contributed by atoms with Crippen molar-refractivity contribution in [3.05, 3.63) is 112 Å². The molecule has 1 aliphatic rings. The van der Waals surface area contributed by atoms with Crippen molar-refractivity contribution in [2.45, 2.75) is 45.6 Å². The molecule has 0 N–H and O–H groups in total. The summed E-state index contributed by atoms with van der Waals surface area (Å²) in [6.45, 7) is 3.24. The number of rotatable bonds is 7. The molecule has 5 rings (SSSR count). The molecule has 40 heavy (non-hydrogen) atoms. The zero-order valence-electron chi connectivity index (χ0n) is 21.7. The number of benzene rings is 4. The standard InChI is InChI=1S/C32H25F7O/c1-3-4-18-9-19-5-6-20(11-22(19)10-18)21-7-8-25(28(35)12-21)23-13-29(36)31(30(37)14-23)32(38,39)40-24-15-26(33)17(2)27(34)16-24/h5-8,11-16,18H,3-4,9-10H2,1-2H3. The SMILES string of the molecule is CCCC1Cc2ccc(-c3ccc(-c4cc(F)c(C(F)(F)Oc5cc(F)c(C)c(F)c5)c(F)c4)c(F)c3)cc2C1. The van der Waals surface area contributed by atoms with Crippen LogP contribution in [0.3, 0.4) is 0 Å². The first kappa shape index (κ1) is 27.7. The minimum atomic E-state index is -4.62. The molecule has 1 unspecified atom stereocenters. The molecule has 0 spiro atoms.